The topological polar surface area (TPSA) is 56.0 Å². The number of nitro benzene ring substituents is 1. The number of hydrogen-bond donors (Lipinski definition) is 0. The Bertz CT molecular complexity index is 643. The van der Waals surface area contributed by atoms with Gasteiger partial charge < -0.3 is 0 Å². The van der Waals surface area contributed by atoms with Crippen LogP contribution in [0.5, 0.6) is 0 Å². The lowest BCUT2D eigenvalue weighted by atomic mass is 10.1. The predicted octanol–water partition coefficient (Wildman–Crippen LogP) is 3.82. The molecule has 0 aliphatic heterocycles. The fraction of sp³-hybridized carbons (Fsp3) is 0.100. The number of fused-ring (bicyclic) bond motifs is 1. The van der Waals surface area contributed by atoms with Crippen LogP contribution >= 0.6 is 11.6 Å². The summed E-state index contributed by atoms with van der Waals surface area (Å²) in [5.74, 6) is 0. The van der Waals surface area contributed by atoms with Crippen molar-refractivity contribution in [3.05, 3.63) is 45.2 Å². The van der Waals surface area contributed by atoms with Crippen molar-refractivity contribution in [3.63, 3.8) is 0 Å². The van der Waals surface area contributed by atoms with Crippen LogP contribution < -0.4 is 0 Å². The summed E-state index contributed by atoms with van der Waals surface area (Å²) < 4.78 is 37.8. The first-order valence-electron chi connectivity index (χ1n) is 4.60. The molecule has 18 heavy (non-hydrogen) atoms. The molecule has 1 heterocycles. The van der Waals surface area contributed by atoms with Crippen LogP contribution in [0.3, 0.4) is 0 Å². The molecule has 0 saturated carbocycles. The molecule has 0 radical (unpaired) electrons. The van der Waals surface area contributed by atoms with E-state index in [0.29, 0.717) is 6.07 Å². The molecule has 0 unspecified atom stereocenters. The third kappa shape index (κ3) is 2.08. The maximum atomic E-state index is 12.6. The Labute approximate surface area is 103 Å². The van der Waals surface area contributed by atoms with Gasteiger partial charge in [0, 0.05) is 17.6 Å². The minimum absolute atomic E-state index is 0.0213. The molecule has 2 rings (SSSR count). The first-order chi connectivity index (χ1) is 8.30. The summed E-state index contributed by atoms with van der Waals surface area (Å²) in [5, 5.41) is 10.5. The van der Waals surface area contributed by atoms with Crippen molar-refractivity contribution in [2.75, 3.05) is 0 Å². The molecule has 0 N–H and O–H groups in total. The van der Waals surface area contributed by atoms with Crippen molar-refractivity contribution < 1.29 is 18.1 Å². The summed E-state index contributed by atoms with van der Waals surface area (Å²) in [5.41, 5.74) is -1.78. The molecule has 4 nitrogen and oxygen atoms in total. The smallest absolute Gasteiger partial charge is 0.258 e. The van der Waals surface area contributed by atoms with Crippen LogP contribution in [0.1, 0.15) is 5.56 Å². The third-order valence-corrected chi connectivity index (χ3v) is 2.63. The van der Waals surface area contributed by atoms with E-state index in [2.05, 4.69) is 4.98 Å². The Kier molecular flexibility index (Phi) is 2.86. The van der Waals surface area contributed by atoms with Gasteiger partial charge in [-0.25, -0.2) is 4.98 Å². The average molecular weight is 277 g/mol. The number of hydrogen-bond acceptors (Lipinski definition) is 3. The van der Waals surface area contributed by atoms with Crippen LogP contribution in [-0.2, 0) is 6.18 Å². The standard InChI is InChI=1S/C10H4ClF3N2O2/c11-9-7-3-5(10(12,13)14)4-8(16(17)18)6(7)1-2-15-9/h1-4H. The van der Waals surface area contributed by atoms with Crippen LogP contribution in [0, 0.1) is 10.1 Å². The van der Waals surface area contributed by atoms with Crippen LogP contribution in [0.25, 0.3) is 10.8 Å². The lowest BCUT2D eigenvalue weighted by Crippen LogP contribution is -2.06. The average Bonchev–Trinajstić information content (AvgIpc) is 2.27. The summed E-state index contributed by atoms with van der Waals surface area (Å²) in [6.07, 6.45) is -3.48. The highest BCUT2D eigenvalue weighted by molar-refractivity contribution is 6.34. The van der Waals surface area contributed by atoms with Gasteiger partial charge in [-0.05, 0) is 12.1 Å². The second-order valence-electron chi connectivity index (χ2n) is 3.45. The van der Waals surface area contributed by atoms with Crippen molar-refractivity contribution in [1.82, 2.24) is 4.98 Å². The lowest BCUT2D eigenvalue weighted by molar-refractivity contribution is -0.383. The van der Waals surface area contributed by atoms with Gasteiger partial charge in [0.1, 0.15) is 5.15 Å². The summed E-state index contributed by atoms with van der Waals surface area (Å²) in [6.45, 7) is 0. The fourth-order valence-corrected chi connectivity index (χ4v) is 1.76. The zero-order valence-electron chi connectivity index (χ0n) is 8.53. The molecule has 0 saturated heterocycles. The largest absolute Gasteiger partial charge is 0.416 e. The molecule has 0 aliphatic carbocycles. The normalized spacial score (nSPS) is 11.8. The number of nitrogens with zero attached hydrogens (tertiary/aromatic N) is 2. The van der Waals surface area contributed by atoms with Crippen LogP contribution in [0.2, 0.25) is 5.15 Å². The zero-order chi connectivity index (χ0) is 13.5. The number of pyridine rings is 1. The maximum absolute atomic E-state index is 12.6. The molecule has 1 aromatic carbocycles. The first-order valence-corrected chi connectivity index (χ1v) is 4.98. The van der Waals surface area contributed by atoms with E-state index in [1.54, 1.807) is 0 Å². The van der Waals surface area contributed by atoms with Gasteiger partial charge in [0.25, 0.3) is 5.69 Å². The van der Waals surface area contributed by atoms with Crippen molar-refractivity contribution in [2.24, 2.45) is 0 Å². The Hall–Kier alpha value is -1.89. The van der Waals surface area contributed by atoms with E-state index >= 15 is 0 Å². The van der Waals surface area contributed by atoms with Crippen LogP contribution in [0.15, 0.2) is 24.4 Å². The van der Waals surface area contributed by atoms with Gasteiger partial charge in [0.2, 0.25) is 0 Å². The molecule has 94 valence electrons. The van der Waals surface area contributed by atoms with Gasteiger partial charge in [-0.1, -0.05) is 11.6 Å². The fourth-order valence-electron chi connectivity index (χ4n) is 1.55. The number of benzene rings is 1. The molecular weight excluding hydrogens is 273 g/mol. The van der Waals surface area contributed by atoms with E-state index in [0.717, 1.165) is 6.07 Å². The van der Waals surface area contributed by atoms with Gasteiger partial charge >= 0.3 is 6.18 Å². The van der Waals surface area contributed by atoms with Gasteiger partial charge in [0.15, 0.2) is 0 Å². The molecule has 8 heteroatoms. The number of halogens is 4. The second kappa shape index (κ2) is 4.09. The Morgan fingerprint density at radius 3 is 2.50 bits per heavy atom. The third-order valence-electron chi connectivity index (χ3n) is 2.33. The zero-order valence-corrected chi connectivity index (χ0v) is 9.29. The summed E-state index contributed by atoms with van der Waals surface area (Å²) in [6, 6.07) is 2.48. The van der Waals surface area contributed by atoms with E-state index in [1.807, 2.05) is 0 Å². The molecular formula is C10H4ClF3N2O2. The van der Waals surface area contributed by atoms with E-state index in [1.165, 1.54) is 12.3 Å². The maximum Gasteiger partial charge on any atom is 0.416 e. The molecule has 0 amide bonds. The summed E-state index contributed by atoms with van der Waals surface area (Å²) in [7, 11) is 0. The first kappa shape index (κ1) is 12.6. The second-order valence-corrected chi connectivity index (χ2v) is 3.81. The summed E-state index contributed by atoms with van der Waals surface area (Å²) >= 11 is 5.65. The van der Waals surface area contributed by atoms with Crippen LogP contribution in [-0.4, -0.2) is 9.91 Å². The van der Waals surface area contributed by atoms with Gasteiger partial charge in [-0.2, -0.15) is 13.2 Å². The number of nitro groups is 1. The highest BCUT2D eigenvalue weighted by atomic mass is 35.5. The number of aromatic nitrogens is 1. The number of non-ortho nitro benzene ring substituents is 1. The molecule has 2 aromatic rings. The van der Waals surface area contributed by atoms with Crippen molar-refractivity contribution >= 4 is 28.1 Å². The molecule has 1 aromatic heterocycles. The summed E-state index contributed by atoms with van der Waals surface area (Å²) in [4.78, 5) is 13.5. The minimum atomic E-state index is -4.68. The predicted molar refractivity (Wildman–Crippen MR) is 58.4 cm³/mol. The Morgan fingerprint density at radius 2 is 1.94 bits per heavy atom. The van der Waals surface area contributed by atoms with Gasteiger partial charge in [0.05, 0.1) is 15.9 Å². The van der Waals surface area contributed by atoms with Crippen LogP contribution in [0.4, 0.5) is 18.9 Å². The van der Waals surface area contributed by atoms with Crippen molar-refractivity contribution in [3.8, 4) is 0 Å². The number of rotatable bonds is 1. The van der Waals surface area contributed by atoms with E-state index < -0.39 is 22.4 Å². The molecule has 0 fully saturated rings. The van der Waals surface area contributed by atoms with E-state index in [4.69, 9.17) is 11.6 Å². The quantitative estimate of drug-likeness (QED) is 0.452. The van der Waals surface area contributed by atoms with Gasteiger partial charge in [-0.15, -0.1) is 0 Å². The number of alkyl halides is 3. The van der Waals surface area contributed by atoms with E-state index in [-0.39, 0.29) is 15.9 Å². The Balaban J connectivity index is 2.88. The SMILES string of the molecule is O=[N+]([O-])c1cc(C(F)(F)F)cc2c(Cl)nccc12. The Morgan fingerprint density at radius 1 is 1.28 bits per heavy atom. The molecule has 0 bridgehead atoms. The minimum Gasteiger partial charge on any atom is -0.258 e. The monoisotopic (exact) mass is 276 g/mol. The van der Waals surface area contributed by atoms with Crippen molar-refractivity contribution in [1.29, 1.82) is 0 Å². The van der Waals surface area contributed by atoms with Crippen molar-refractivity contribution in [2.45, 2.75) is 6.18 Å². The highest BCUT2D eigenvalue weighted by Crippen LogP contribution is 2.37. The molecule has 0 spiro atoms. The molecule has 0 atom stereocenters. The van der Waals surface area contributed by atoms with E-state index in [9.17, 15) is 23.3 Å². The van der Waals surface area contributed by atoms with Gasteiger partial charge in [-0.3, -0.25) is 10.1 Å². The lowest BCUT2D eigenvalue weighted by Gasteiger charge is -2.08. The highest BCUT2D eigenvalue weighted by Gasteiger charge is 2.33. The molecule has 0 aliphatic rings.